The molecule has 0 saturated carbocycles. The SMILES string of the molecule is COc1ccc([N+]#N)c(C(F)(F)F)c1. The molecule has 1 aromatic rings. The van der Waals surface area contributed by atoms with Gasteiger partial charge < -0.3 is 4.74 Å². The van der Waals surface area contributed by atoms with Crippen LogP contribution < -0.4 is 4.74 Å². The molecular formula is C8H6F3N2O+. The van der Waals surface area contributed by atoms with Gasteiger partial charge in [-0.3, -0.25) is 0 Å². The smallest absolute Gasteiger partial charge is 0.424 e. The molecule has 0 aliphatic rings. The number of alkyl halides is 3. The minimum absolute atomic E-state index is 0.0599. The fourth-order valence-electron chi connectivity index (χ4n) is 0.956. The van der Waals surface area contributed by atoms with Gasteiger partial charge in [-0.25, -0.2) is 0 Å². The number of nitrogens with zero attached hydrogens (tertiary/aromatic N) is 2. The number of hydrogen-bond acceptors (Lipinski definition) is 2. The fourth-order valence-corrected chi connectivity index (χ4v) is 0.956. The third-order valence-corrected chi connectivity index (χ3v) is 1.62. The summed E-state index contributed by atoms with van der Waals surface area (Å²) >= 11 is 0. The van der Waals surface area contributed by atoms with E-state index in [-0.39, 0.29) is 5.75 Å². The fraction of sp³-hybridized carbons (Fsp3) is 0.250. The second-order valence-corrected chi connectivity index (χ2v) is 2.48. The van der Waals surface area contributed by atoms with Gasteiger partial charge in [0.25, 0.3) is 0 Å². The van der Waals surface area contributed by atoms with E-state index in [2.05, 4.69) is 9.71 Å². The minimum atomic E-state index is -4.56. The Morgan fingerprint density at radius 2 is 2.00 bits per heavy atom. The van der Waals surface area contributed by atoms with E-state index in [0.717, 1.165) is 12.1 Å². The molecule has 0 aromatic heterocycles. The van der Waals surface area contributed by atoms with E-state index in [1.165, 1.54) is 13.2 Å². The van der Waals surface area contributed by atoms with Gasteiger partial charge in [0, 0.05) is 12.1 Å². The molecule has 0 saturated heterocycles. The van der Waals surface area contributed by atoms with E-state index in [1.807, 2.05) is 0 Å². The van der Waals surface area contributed by atoms with Crippen LogP contribution in [0, 0.1) is 5.39 Å². The Morgan fingerprint density at radius 3 is 2.43 bits per heavy atom. The number of ether oxygens (including phenoxy) is 1. The summed E-state index contributed by atoms with van der Waals surface area (Å²) in [5.41, 5.74) is -1.56. The van der Waals surface area contributed by atoms with Crippen LogP contribution in [0.3, 0.4) is 0 Å². The van der Waals surface area contributed by atoms with Gasteiger partial charge in [-0.1, -0.05) is 0 Å². The van der Waals surface area contributed by atoms with Crippen molar-refractivity contribution in [3.8, 4) is 5.75 Å². The van der Waals surface area contributed by atoms with Crippen LogP contribution in [0.15, 0.2) is 18.2 Å². The third-order valence-electron chi connectivity index (χ3n) is 1.62. The Balaban J connectivity index is 3.31. The molecule has 6 heteroatoms. The van der Waals surface area contributed by atoms with Crippen LogP contribution in [-0.4, -0.2) is 7.11 Å². The van der Waals surface area contributed by atoms with Crippen molar-refractivity contribution in [3.05, 3.63) is 28.7 Å². The van der Waals surface area contributed by atoms with E-state index in [1.54, 1.807) is 0 Å². The quantitative estimate of drug-likeness (QED) is 0.657. The molecule has 3 nitrogen and oxygen atoms in total. The van der Waals surface area contributed by atoms with Crippen molar-refractivity contribution in [2.75, 3.05) is 7.11 Å². The van der Waals surface area contributed by atoms with Crippen molar-refractivity contribution >= 4 is 5.69 Å². The molecule has 74 valence electrons. The summed E-state index contributed by atoms with van der Waals surface area (Å²) in [6, 6.07) is 3.08. The van der Waals surface area contributed by atoms with Crippen molar-refractivity contribution in [1.29, 1.82) is 5.39 Å². The Bertz CT molecular complexity index is 381. The molecular weight excluding hydrogens is 197 g/mol. The lowest BCUT2D eigenvalue weighted by Crippen LogP contribution is -2.05. The maximum atomic E-state index is 12.3. The average Bonchev–Trinajstić information content (AvgIpc) is 2.15. The van der Waals surface area contributed by atoms with Crippen LogP contribution in [0.1, 0.15) is 5.56 Å². The highest BCUT2D eigenvalue weighted by atomic mass is 19.4. The molecule has 0 bridgehead atoms. The summed E-state index contributed by atoms with van der Waals surface area (Å²) in [5.74, 6) is 0.0599. The average molecular weight is 203 g/mol. The molecule has 0 radical (unpaired) electrons. The molecule has 0 amide bonds. The standard InChI is InChI=1S/C8H6F3N2O/c1-14-5-2-3-7(13-12)6(4-5)8(9,10)11/h2-4H,1H3/q+1. The normalized spacial score (nSPS) is 10.8. The topological polar surface area (TPSA) is 37.4 Å². The van der Waals surface area contributed by atoms with Gasteiger partial charge in [-0.05, 0) is 6.07 Å². The second-order valence-electron chi connectivity index (χ2n) is 2.48. The van der Waals surface area contributed by atoms with Crippen molar-refractivity contribution in [2.24, 2.45) is 0 Å². The van der Waals surface area contributed by atoms with E-state index in [4.69, 9.17) is 5.39 Å². The second kappa shape index (κ2) is 3.54. The lowest BCUT2D eigenvalue weighted by molar-refractivity contribution is -0.136. The molecule has 0 N–H and O–H groups in total. The van der Waals surface area contributed by atoms with Crippen molar-refractivity contribution < 1.29 is 17.9 Å². The van der Waals surface area contributed by atoms with Crippen LogP contribution in [-0.2, 0) is 6.18 Å². The first-order valence-electron chi connectivity index (χ1n) is 3.59. The molecule has 0 spiro atoms. The Kier molecular flexibility index (Phi) is 2.60. The van der Waals surface area contributed by atoms with Gasteiger partial charge in [-0.2, -0.15) is 13.2 Å². The van der Waals surface area contributed by atoms with Gasteiger partial charge in [0.15, 0.2) is 10.5 Å². The molecule has 0 aliphatic carbocycles. The monoisotopic (exact) mass is 203 g/mol. The van der Waals surface area contributed by atoms with Crippen LogP contribution in [0.25, 0.3) is 4.98 Å². The number of hydrogen-bond donors (Lipinski definition) is 0. The number of halogens is 3. The van der Waals surface area contributed by atoms with Crippen LogP contribution >= 0.6 is 0 Å². The molecule has 1 rings (SSSR count). The molecule has 0 fully saturated rings. The first-order chi connectivity index (χ1) is 6.49. The number of methoxy groups -OCH3 is 1. The van der Waals surface area contributed by atoms with Crippen molar-refractivity contribution in [1.82, 2.24) is 0 Å². The molecule has 0 unspecified atom stereocenters. The summed E-state index contributed by atoms with van der Waals surface area (Å²) in [6.45, 7) is 0. The number of rotatable bonds is 1. The van der Waals surface area contributed by atoms with Gasteiger partial charge in [0.1, 0.15) is 5.75 Å². The summed E-state index contributed by atoms with van der Waals surface area (Å²) in [4.78, 5) is 2.54. The lowest BCUT2D eigenvalue weighted by Gasteiger charge is -2.05. The third kappa shape index (κ3) is 1.93. The minimum Gasteiger partial charge on any atom is -0.497 e. The van der Waals surface area contributed by atoms with E-state index < -0.39 is 17.4 Å². The van der Waals surface area contributed by atoms with Gasteiger partial charge in [-0.15, -0.1) is 0 Å². The first kappa shape index (κ1) is 10.3. The van der Waals surface area contributed by atoms with Gasteiger partial charge in [0.2, 0.25) is 5.39 Å². The predicted octanol–water partition coefficient (Wildman–Crippen LogP) is 3.20. The Morgan fingerprint density at radius 1 is 1.36 bits per heavy atom. The van der Waals surface area contributed by atoms with E-state index in [0.29, 0.717) is 0 Å². The largest absolute Gasteiger partial charge is 0.497 e. The maximum Gasteiger partial charge on any atom is 0.424 e. The van der Waals surface area contributed by atoms with E-state index in [9.17, 15) is 13.2 Å². The molecule has 1 aromatic carbocycles. The summed E-state index contributed by atoms with van der Waals surface area (Å²) in [7, 11) is 1.26. The highest BCUT2D eigenvalue weighted by Gasteiger charge is 2.39. The summed E-state index contributed by atoms with van der Waals surface area (Å²) in [5, 5.41) is 8.33. The summed E-state index contributed by atoms with van der Waals surface area (Å²) < 4.78 is 41.6. The van der Waals surface area contributed by atoms with Gasteiger partial charge >= 0.3 is 11.9 Å². The highest BCUT2D eigenvalue weighted by Crippen LogP contribution is 2.38. The van der Waals surface area contributed by atoms with Crippen LogP contribution in [0.4, 0.5) is 18.9 Å². The zero-order chi connectivity index (χ0) is 10.8. The lowest BCUT2D eigenvalue weighted by atomic mass is 10.1. The Hall–Kier alpha value is -1.77. The van der Waals surface area contributed by atoms with Crippen LogP contribution in [0.2, 0.25) is 0 Å². The maximum absolute atomic E-state index is 12.3. The highest BCUT2D eigenvalue weighted by molar-refractivity contribution is 5.55. The van der Waals surface area contributed by atoms with E-state index >= 15 is 0 Å². The zero-order valence-electron chi connectivity index (χ0n) is 7.17. The van der Waals surface area contributed by atoms with Crippen molar-refractivity contribution in [2.45, 2.75) is 6.18 Å². The number of benzene rings is 1. The Labute approximate surface area is 77.7 Å². The molecule has 0 atom stereocenters. The summed E-state index contributed by atoms with van der Waals surface area (Å²) in [6.07, 6.45) is -4.56. The number of diazo groups is 1. The first-order valence-corrected chi connectivity index (χ1v) is 3.59. The molecule has 0 aliphatic heterocycles. The van der Waals surface area contributed by atoms with Gasteiger partial charge in [0.05, 0.1) is 7.11 Å². The zero-order valence-corrected chi connectivity index (χ0v) is 7.17. The van der Waals surface area contributed by atoms with Crippen molar-refractivity contribution in [3.63, 3.8) is 0 Å². The predicted molar refractivity (Wildman–Crippen MR) is 42.7 cm³/mol. The van der Waals surface area contributed by atoms with Crippen LogP contribution in [0.5, 0.6) is 5.75 Å². The molecule has 14 heavy (non-hydrogen) atoms. The molecule has 0 heterocycles.